The van der Waals surface area contributed by atoms with E-state index in [0.717, 1.165) is 38.9 Å². The molecule has 4 nitrogen and oxygen atoms in total. The third kappa shape index (κ3) is 2.26. The van der Waals surface area contributed by atoms with Crippen LogP contribution in [0.15, 0.2) is 48.9 Å². The zero-order valence-electron chi connectivity index (χ0n) is 14.4. The highest BCUT2D eigenvalue weighted by atomic mass is 15.0. The van der Waals surface area contributed by atoms with Crippen molar-refractivity contribution < 1.29 is 0 Å². The molecule has 24 heavy (non-hydrogen) atoms. The summed E-state index contributed by atoms with van der Waals surface area (Å²) in [6.07, 6.45) is 5.63. The second kappa shape index (κ2) is 5.13. The molecule has 0 saturated carbocycles. The minimum Gasteiger partial charge on any atom is -0.328 e. The Balaban J connectivity index is 1.86. The lowest BCUT2D eigenvalue weighted by molar-refractivity contribution is 0.569. The number of rotatable bonds is 1. The van der Waals surface area contributed by atoms with Crippen molar-refractivity contribution in [1.82, 2.24) is 19.5 Å². The Labute approximate surface area is 141 Å². The number of hydrogen-bond acceptors (Lipinski definition) is 3. The third-order valence-electron chi connectivity index (χ3n) is 4.47. The summed E-state index contributed by atoms with van der Waals surface area (Å²) in [6.45, 7) is 6.51. The van der Waals surface area contributed by atoms with Crippen molar-refractivity contribution in [3.05, 3.63) is 54.6 Å². The van der Waals surface area contributed by atoms with Crippen molar-refractivity contribution in [1.29, 1.82) is 0 Å². The highest BCUT2D eigenvalue weighted by Gasteiger charge is 2.16. The summed E-state index contributed by atoms with van der Waals surface area (Å²) in [5.74, 6) is 0. The van der Waals surface area contributed by atoms with E-state index >= 15 is 0 Å². The number of aromatic nitrogens is 4. The van der Waals surface area contributed by atoms with E-state index in [1.807, 2.05) is 31.7 Å². The average molecular weight is 316 g/mol. The number of aryl methyl sites for hydroxylation is 1. The SMILES string of the molecule is Cn1c2ccncc2c2ccc(-c3ccc(C(C)(C)C)nc3)nc21. The Morgan fingerprint density at radius 2 is 1.75 bits per heavy atom. The van der Waals surface area contributed by atoms with Crippen molar-refractivity contribution in [3.63, 3.8) is 0 Å². The fourth-order valence-corrected chi connectivity index (χ4v) is 3.07. The first-order valence-electron chi connectivity index (χ1n) is 8.11. The molecule has 0 atom stereocenters. The van der Waals surface area contributed by atoms with Gasteiger partial charge in [0.15, 0.2) is 0 Å². The van der Waals surface area contributed by atoms with Gasteiger partial charge >= 0.3 is 0 Å². The zero-order chi connectivity index (χ0) is 16.9. The van der Waals surface area contributed by atoms with Crippen LogP contribution in [-0.4, -0.2) is 19.5 Å². The number of hydrogen-bond donors (Lipinski definition) is 0. The normalized spacial score (nSPS) is 12.2. The second-order valence-electron chi connectivity index (χ2n) is 7.20. The molecule has 4 heterocycles. The van der Waals surface area contributed by atoms with Gasteiger partial charge in [0, 0.05) is 53.1 Å². The van der Waals surface area contributed by atoms with Gasteiger partial charge in [-0.1, -0.05) is 20.8 Å². The monoisotopic (exact) mass is 316 g/mol. The summed E-state index contributed by atoms with van der Waals surface area (Å²) in [7, 11) is 2.04. The lowest BCUT2D eigenvalue weighted by atomic mass is 9.91. The fraction of sp³-hybridized carbons (Fsp3) is 0.250. The molecule has 0 bridgehead atoms. The van der Waals surface area contributed by atoms with Crippen molar-refractivity contribution in [2.75, 3.05) is 0 Å². The number of fused-ring (bicyclic) bond motifs is 3. The molecule has 0 N–H and O–H groups in total. The Kier molecular flexibility index (Phi) is 3.17. The van der Waals surface area contributed by atoms with Gasteiger partial charge in [0.25, 0.3) is 0 Å². The molecular weight excluding hydrogens is 296 g/mol. The Hall–Kier alpha value is -2.75. The molecule has 0 aliphatic carbocycles. The first-order chi connectivity index (χ1) is 11.4. The Morgan fingerprint density at radius 1 is 0.917 bits per heavy atom. The standard InChI is InChI=1S/C20H20N4/c1-20(2,3)18-8-5-13(11-22-18)16-7-6-14-15-12-21-10-9-17(15)24(4)19(14)23-16/h5-12H,1-4H3. The Bertz CT molecular complexity index is 1040. The van der Waals surface area contributed by atoms with E-state index in [1.54, 1.807) is 0 Å². The molecule has 0 saturated heterocycles. The van der Waals surface area contributed by atoms with Gasteiger partial charge in [-0.2, -0.15) is 0 Å². The van der Waals surface area contributed by atoms with Crippen LogP contribution in [0.25, 0.3) is 33.2 Å². The number of nitrogens with zero attached hydrogens (tertiary/aromatic N) is 4. The van der Waals surface area contributed by atoms with Crippen LogP contribution in [-0.2, 0) is 12.5 Å². The molecule has 0 spiro atoms. The van der Waals surface area contributed by atoms with Gasteiger partial charge in [0.2, 0.25) is 0 Å². The lowest BCUT2D eigenvalue weighted by Gasteiger charge is -2.17. The maximum atomic E-state index is 4.87. The van der Waals surface area contributed by atoms with Crippen LogP contribution < -0.4 is 0 Å². The molecule has 4 aromatic heterocycles. The van der Waals surface area contributed by atoms with Gasteiger partial charge in [-0.3, -0.25) is 9.97 Å². The second-order valence-corrected chi connectivity index (χ2v) is 7.20. The molecule has 0 radical (unpaired) electrons. The summed E-state index contributed by atoms with van der Waals surface area (Å²) in [4.78, 5) is 13.7. The van der Waals surface area contributed by atoms with Crippen LogP contribution in [0.3, 0.4) is 0 Å². The van der Waals surface area contributed by atoms with Crippen molar-refractivity contribution >= 4 is 21.9 Å². The van der Waals surface area contributed by atoms with Crippen LogP contribution in [0, 0.1) is 0 Å². The summed E-state index contributed by atoms with van der Waals surface area (Å²) in [5, 5.41) is 2.26. The van der Waals surface area contributed by atoms with E-state index in [0.29, 0.717) is 0 Å². The van der Waals surface area contributed by atoms with Gasteiger partial charge in [-0.25, -0.2) is 4.98 Å². The van der Waals surface area contributed by atoms with Crippen molar-refractivity contribution in [2.24, 2.45) is 7.05 Å². The molecule has 0 aliphatic heterocycles. The molecule has 0 unspecified atom stereocenters. The predicted octanol–water partition coefficient (Wildman–Crippen LogP) is 4.48. The van der Waals surface area contributed by atoms with Crippen molar-refractivity contribution in [3.8, 4) is 11.3 Å². The minimum absolute atomic E-state index is 0.0543. The zero-order valence-corrected chi connectivity index (χ0v) is 14.4. The van der Waals surface area contributed by atoms with E-state index in [2.05, 4.69) is 59.6 Å². The van der Waals surface area contributed by atoms with Gasteiger partial charge in [-0.05, 0) is 30.3 Å². The van der Waals surface area contributed by atoms with Crippen LogP contribution in [0.5, 0.6) is 0 Å². The quantitative estimate of drug-likeness (QED) is 0.520. The minimum atomic E-state index is 0.0543. The van der Waals surface area contributed by atoms with Crippen molar-refractivity contribution in [2.45, 2.75) is 26.2 Å². The largest absolute Gasteiger partial charge is 0.328 e. The molecule has 0 fully saturated rings. The van der Waals surface area contributed by atoms with Crippen LogP contribution in [0.1, 0.15) is 26.5 Å². The molecule has 0 aliphatic rings. The molecule has 4 heteroatoms. The van der Waals surface area contributed by atoms with E-state index in [1.165, 1.54) is 0 Å². The van der Waals surface area contributed by atoms with Gasteiger partial charge in [-0.15, -0.1) is 0 Å². The first-order valence-corrected chi connectivity index (χ1v) is 8.11. The third-order valence-corrected chi connectivity index (χ3v) is 4.47. The highest BCUT2D eigenvalue weighted by Crippen LogP contribution is 2.29. The van der Waals surface area contributed by atoms with Crippen LogP contribution in [0.4, 0.5) is 0 Å². The maximum Gasteiger partial charge on any atom is 0.141 e. The predicted molar refractivity (Wildman–Crippen MR) is 97.9 cm³/mol. The van der Waals surface area contributed by atoms with E-state index in [-0.39, 0.29) is 5.41 Å². The lowest BCUT2D eigenvalue weighted by Crippen LogP contribution is -2.12. The highest BCUT2D eigenvalue weighted by molar-refractivity contribution is 6.06. The molecule has 4 aromatic rings. The first kappa shape index (κ1) is 14.8. The Morgan fingerprint density at radius 3 is 2.46 bits per heavy atom. The van der Waals surface area contributed by atoms with Gasteiger partial charge in [0.05, 0.1) is 11.2 Å². The average Bonchev–Trinajstić information content (AvgIpc) is 2.87. The van der Waals surface area contributed by atoms with E-state index < -0.39 is 0 Å². The van der Waals surface area contributed by atoms with Crippen LogP contribution in [0.2, 0.25) is 0 Å². The smallest absolute Gasteiger partial charge is 0.141 e. The molecule has 0 aromatic carbocycles. The molecule has 0 amide bonds. The topological polar surface area (TPSA) is 43.6 Å². The summed E-state index contributed by atoms with van der Waals surface area (Å²) < 4.78 is 2.12. The van der Waals surface area contributed by atoms with E-state index in [9.17, 15) is 0 Å². The number of pyridine rings is 3. The maximum absolute atomic E-state index is 4.87. The van der Waals surface area contributed by atoms with E-state index in [4.69, 9.17) is 4.98 Å². The van der Waals surface area contributed by atoms with Gasteiger partial charge < -0.3 is 4.57 Å². The molecular formula is C20H20N4. The van der Waals surface area contributed by atoms with Gasteiger partial charge in [0.1, 0.15) is 5.65 Å². The summed E-state index contributed by atoms with van der Waals surface area (Å²) in [6, 6.07) is 10.4. The fourth-order valence-electron chi connectivity index (χ4n) is 3.07. The summed E-state index contributed by atoms with van der Waals surface area (Å²) in [5.41, 5.74) is 5.23. The molecule has 4 rings (SSSR count). The summed E-state index contributed by atoms with van der Waals surface area (Å²) >= 11 is 0. The molecule has 120 valence electrons. The van der Waals surface area contributed by atoms with Crippen LogP contribution >= 0.6 is 0 Å².